The summed E-state index contributed by atoms with van der Waals surface area (Å²) < 4.78 is 0. The van der Waals surface area contributed by atoms with Crippen LogP contribution in [-0.2, 0) is 4.79 Å². The van der Waals surface area contributed by atoms with E-state index in [-0.39, 0.29) is 30.6 Å². The Hall–Kier alpha value is -1.43. The number of amidine groups is 1. The molecule has 0 aromatic heterocycles. The van der Waals surface area contributed by atoms with Crippen LogP contribution in [0.1, 0.15) is 6.92 Å². The molecule has 0 saturated heterocycles. The van der Waals surface area contributed by atoms with Crippen LogP contribution in [0.4, 0.5) is 0 Å². The van der Waals surface area contributed by atoms with E-state index in [2.05, 4.69) is 20.6 Å². The lowest BCUT2D eigenvalue weighted by molar-refractivity contribution is -0.121. The molecule has 0 fully saturated rings. The van der Waals surface area contributed by atoms with Crippen molar-refractivity contribution in [2.45, 2.75) is 25.0 Å². The number of amides is 1. The molecule has 0 aromatic rings. The van der Waals surface area contributed by atoms with E-state index < -0.39 is 0 Å². The lowest BCUT2D eigenvalue weighted by Crippen LogP contribution is -2.46. The number of carbonyl (C=O) groups excluding carboxylic acids is 1. The molecule has 76 valence electrons. The Morgan fingerprint density at radius 2 is 2.43 bits per heavy atom. The molecule has 14 heavy (non-hydrogen) atoms. The maximum absolute atomic E-state index is 11.6. The fraction of sp³-hybridized carbons (Fsp3) is 0.625. The van der Waals surface area contributed by atoms with E-state index in [1.165, 1.54) is 0 Å². The van der Waals surface area contributed by atoms with Gasteiger partial charge in [0.25, 0.3) is 5.91 Å². The van der Waals surface area contributed by atoms with Crippen LogP contribution in [0.3, 0.4) is 0 Å². The van der Waals surface area contributed by atoms with E-state index in [0.29, 0.717) is 5.84 Å². The van der Waals surface area contributed by atoms with Crippen molar-refractivity contribution in [2.24, 2.45) is 15.7 Å². The number of hydrogen-bond donors (Lipinski definition) is 3. The molecule has 6 heteroatoms. The van der Waals surface area contributed by atoms with Crippen LogP contribution >= 0.6 is 0 Å². The summed E-state index contributed by atoms with van der Waals surface area (Å²) in [7, 11) is 0. The van der Waals surface area contributed by atoms with E-state index >= 15 is 0 Å². The topological polar surface area (TPSA) is 91.9 Å². The number of nitrogens with two attached hydrogens (primary N) is 1. The first-order valence-corrected chi connectivity index (χ1v) is 4.57. The fourth-order valence-corrected chi connectivity index (χ4v) is 1.71. The van der Waals surface area contributed by atoms with Crippen molar-refractivity contribution in [3.8, 4) is 0 Å². The Bertz CT molecular complexity index is 311. The number of hydrogen-bond acceptors (Lipinski definition) is 5. The molecule has 2 rings (SSSR count). The van der Waals surface area contributed by atoms with E-state index in [1.807, 2.05) is 6.92 Å². The molecule has 0 radical (unpaired) electrons. The minimum atomic E-state index is -0.377. The molecule has 2 aliphatic heterocycles. The predicted molar refractivity (Wildman–Crippen MR) is 53.3 cm³/mol. The summed E-state index contributed by atoms with van der Waals surface area (Å²) in [6.45, 7) is 2.19. The van der Waals surface area contributed by atoms with Gasteiger partial charge in [-0.05, 0) is 6.92 Å². The van der Waals surface area contributed by atoms with E-state index in [4.69, 9.17) is 5.73 Å². The Balaban J connectivity index is 2.25. The summed E-state index contributed by atoms with van der Waals surface area (Å²) in [5.74, 6) is 0.402. The van der Waals surface area contributed by atoms with Gasteiger partial charge in [0.2, 0.25) is 0 Å². The number of nitrogens with zero attached hydrogens (tertiary/aromatic N) is 2. The summed E-state index contributed by atoms with van der Waals surface area (Å²) in [5.41, 5.74) is 5.44. The molecule has 3 unspecified atom stereocenters. The lowest BCUT2D eigenvalue weighted by Gasteiger charge is -2.17. The van der Waals surface area contributed by atoms with Crippen LogP contribution in [-0.4, -0.2) is 42.8 Å². The smallest absolute Gasteiger partial charge is 0.252 e. The van der Waals surface area contributed by atoms with Crippen molar-refractivity contribution in [1.82, 2.24) is 10.6 Å². The van der Waals surface area contributed by atoms with Gasteiger partial charge < -0.3 is 16.4 Å². The summed E-state index contributed by atoms with van der Waals surface area (Å²) in [4.78, 5) is 20.0. The first kappa shape index (κ1) is 9.14. The molecule has 0 aliphatic carbocycles. The van der Waals surface area contributed by atoms with Crippen molar-refractivity contribution in [2.75, 3.05) is 6.54 Å². The number of fused-ring (bicyclic) bond motifs is 1. The van der Waals surface area contributed by atoms with E-state index in [9.17, 15) is 4.79 Å². The van der Waals surface area contributed by atoms with Crippen molar-refractivity contribution in [3.63, 3.8) is 0 Å². The standard InChI is InChI=1S/C8H13N5O/c1-4-6-7(11-3-10-6)8(14)13-5(2-9)12-4/h3-4,6-7H,2,9H2,1H3,(H,10,11)(H,12,13,14). The highest BCUT2D eigenvalue weighted by molar-refractivity contribution is 6.03. The molecule has 3 atom stereocenters. The summed E-state index contributed by atoms with van der Waals surface area (Å²) in [6.07, 6.45) is 1.56. The first-order valence-electron chi connectivity index (χ1n) is 4.57. The van der Waals surface area contributed by atoms with Gasteiger partial charge in [0.05, 0.1) is 25.0 Å². The quantitative estimate of drug-likeness (QED) is 0.462. The monoisotopic (exact) mass is 195 g/mol. The minimum Gasteiger partial charge on any atom is -0.369 e. The molecular weight excluding hydrogens is 182 g/mol. The van der Waals surface area contributed by atoms with Gasteiger partial charge >= 0.3 is 0 Å². The molecule has 0 bridgehead atoms. The zero-order valence-electron chi connectivity index (χ0n) is 7.90. The van der Waals surface area contributed by atoms with Crippen molar-refractivity contribution in [1.29, 1.82) is 0 Å². The van der Waals surface area contributed by atoms with Crippen LogP contribution in [0.25, 0.3) is 0 Å². The average Bonchev–Trinajstić information content (AvgIpc) is 2.61. The number of nitrogens with one attached hydrogen (secondary N) is 2. The van der Waals surface area contributed by atoms with Gasteiger partial charge in [0.15, 0.2) is 6.04 Å². The highest BCUT2D eigenvalue weighted by atomic mass is 16.2. The summed E-state index contributed by atoms with van der Waals surface area (Å²) in [5, 5.41) is 5.69. The van der Waals surface area contributed by atoms with Gasteiger partial charge in [0.1, 0.15) is 5.84 Å². The lowest BCUT2D eigenvalue weighted by atomic mass is 10.0. The predicted octanol–water partition coefficient (Wildman–Crippen LogP) is -1.77. The van der Waals surface area contributed by atoms with Crippen LogP contribution in [0.5, 0.6) is 0 Å². The molecule has 2 aliphatic rings. The third-order valence-corrected chi connectivity index (χ3v) is 2.45. The molecule has 4 N–H and O–H groups in total. The summed E-state index contributed by atoms with van der Waals surface area (Å²) in [6, 6.07) is -0.420. The van der Waals surface area contributed by atoms with Crippen LogP contribution < -0.4 is 16.4 Å². The highest BCUT2D eigenvalue weighted by Gasteiger charge is 2.37. The van der Waals surface area contributed by atoms with Gasteiger partial charge in [-0.25, -0.2) is 0 Å². The molecule has 0 saturated carbocycles. The normalized spacial score (nSPS) is 35.4. The molecule has 0 spiro atoms. The molecule has 0 aromatic carbocycles. The van der Waals surface area contributed by atoms with Crippen molar-refractivity contribution in [3.05, 3.63) is 0 Å². The van der Waals surface area contributed by atoms with Gasteiger partial charge in [-0.3, -0.25) is 14.8 Å². The zero-order valence-corrected chi connectivity index (χ0v) is 7.90. The molecule has 6 nitrogen and oxygen atoms in total. The van der Waals surface area contributed by atoms with Gasteiger partial charge in [-0.1, -0.05) is 0 Å². The Morgan fingerprint density at radius 3 is 3.14 bits per heavy atom. The SMILES string of the molecule is CC1N=C(CN)NC(=O)C2N=CNC12. The molecule has 2 heterocycles. The zero-order chi connectivity index (χ0) is 10.1. The van der Waals surface area contributed by atoms with E-state index in [0.717, 1.165) is 0 Å². The third kappa shape index (κ3) is 1.37. The maximum atomic E-state index is 11.6. The van der Waals surface area contributed by atoms with E-state index in [1.54, 1.807) is 6.34 Å². The van der Waals surface area contributed by atoms with Crippen molar-refractivity contribution >= 4 is 18.1 Å². The maximum Gasteiger partial charge on any atom is 0.252 e. The van der Waals surface area contributed by atoms with Crippen molar-refractivity contribution < 1.29 is 4.79 Å². The van der Waals surface area contributed by atoms with Gasteiger partial charge in [0, 0.05) is 0 Å². The average molecular weight is 195 g/mol. The van der Waals surface area contributed by atoms with Gasteiger partial charge in [-0.2, -0.15) is 0 Å². The minimum absolute atomic E-state index is 0.000000000000000222. The first-order chi connectivity index (χ1) is 6.72. The fourth-order valence-electron chi connectivity index (χ4n) is 1.71. The third-order valence-electron chi connectivity index (χ3n) is 2.45. The number of rotatable bonds is 1. The van der Waals surface area contributed by atoms with Crippen LogP contribution in [0.2, 0.25) is 0 Å². The van der Waals surface area contributed by atoms with Gasteiger partial charge in [-0.15, -0.1) is 0 Å². The number of aliphatic imine (C=N–C) groups is 2. The second-order valence-corrected chi connectivity index (χ2v) is 3.43. The molecular formula is C8H13N5O. The largest absolute Gasteiger partial charge is 0.369 e. The Kier molecular flexibility index (Phi) is 2.20. The van der Waals surface area contributed by atoms with Crippen LogP contribution in [0, 0.1) is 0 Å². The highest BCUT2D eigenvalue weighted by Crippen LogP contribution is 2.13. The second-order valence-electron chi connectivity index (χ2n) is 3.43. The molecule has 1 amide bonds. The second kappa shape index (κ2) is 3.38. The van der Waals surface area contributed by atoms with Crippen LogP contribution in [0.15, 0.2) is 9.98 Å². The number of carbonyl (C=O) groups is 1. The Labute approximate surface area is 81.7 Å². The summed E-state index contributed by atoms with van der Waals surface area (Å²) >= 11 is 0. The Morgan fingerprint density at radius 1 is 1.64 bits per heavy atom.